The molecule has 2 amide bonds. The molecule has 31 heavy (non-hydrogen) atoms. The molecule has 2 aromatic carbocycles. The summed E-state index contributed by atoms with van der Waals surface area (Å²) < 4.78 is 5.16. The van der Waals surface area contributed by atoms with E-state index < -0.39 is 6.09 Å². The van der Waals surface area contributed by atoms with E-state index in [-0.39, 0.29) is 12.5 Å². The fourth-order valence-corrected chi connectivity index (χ4v) is 3.13. The van der Waals surface area contributed by atoms with Crippen LogP contribution in [0.4, 0.5) is 16.2 Å². The number of nitrogens with one attached hydrogen (secondary N) is 1. The number of alkyl carbamates (subject to hydrolysis) is 1. The summed E-state index contributed by atoms with van der Waals surface area (Å²) >= 11 is 0. The Kier molecular flexibility index (Phi) is 9.89. The van der Waals surface area contributed by atoms with E-state index in [1.165, 1.54) is 0 Å². The lowest BCUT2D eigenvalue weighted by atomic mass is 10.1. The molecule has 0 aliphatic rings. The average molecular weight is 423 g/mol. The summed E-state index contributed by atoms with van der Waals surface area (Å²) in [4.78, 5) is 26.1. The van der Waals surface area contributed by atoms with Crippen LogP contribution in [0.25, 0.3) is 0 Å². The van der Waals surface area contributed by atoms with Crippen molar-refractivity contribution in [2.75, 3.05) is 23.7 Å². The van der Waals surface area contributed by atoms with Gasteiger partial charge < -0.3 is 20.7 Å². The summed E-state index contributed by atoms with van der Waals surface area (Å²) in [6.45, 7) is 3.28. The second kappa shape index (κ2) is 12.9. The van der Waals surface area contributed by atoms with Crippen LogP contribution in [0.1, 0.15) is 50.2 Å². The number of nitrogens with two attached hydrogens (primary N) is 1. The van der Waals surface area contributed by atoms with Crippen molar-refractivity contribution in [1.29, 1.82) is 5.26 Å². The molecule has 2 rings (SSSR count). The Hall–Kier alpha value is -3.53. The molecule has 164 valence electrons. The number of nitriles is 1. The topological polar surface area (TPSA) is 108 Å². The molecule has 0 aromatic heterocycles. The average Bonchev–Trinajstić information content (AvgIpc) is 2.79. The lowest BCUT2D eigenvalue weighted by Gasteiger charge is -2.24. The molecule has 7 nitrogen and oxygen atoms in total. The van der Waals surface area contributed by atoms with Crippen molar-refractivity contribution in [2.24, 2.45) is 0 Å². The molecule has 0 radical (unpaired) electrons. The number of rotatable bonds is 11. The third-order valence-electron chi connectivity index (χ3n) is 4.75. The van der Waals surface area contributed by atoms with Gasteiger partial charge in [-0.1, -0.05) is 43.7 Å². The number of nitrogens with zero attached hydrogens (tertiary/aromatic N) is 2. The highest BCUT2D eigenvalue weighted by molar-refractivity contribution is 5.96. The number of carbonyl (C=O) groups excluding carboxylic acids is 2. The van der Waals surface area contributed by atoms with E-state index in [1.807, 2.05) is 37.3 Å². The van der Waals surface area contributed by atoms with Gasteiger partial charge in [0.2, 0.25) is 5.91 Å². The summed E-state index contributed by atoms with van der Waals surface area (Å²) in [5, 5.41) is 11.9. The van der Waals surface area contributed by atoms with Gasteiger partial charge in [-0.3, -0.25) is 4.79 Å². The SMILES string of the molecule is CCCN(C(=O)CCCCCNC(=O)OCc1ccccc1)c1cc(C#N)ccc1N. The Balaban J connectivity index is 1.70. The molecular formula is C24H30N4O3. The third kappa shape index (κ3) is 8.01. The number of anilines is 2. The smallest absolute Gasteiger partial charge is 0.407 e. The summed E-state index contributed by atoms with van der Waals surface area (Å²) in [5.41, 5.74) is 8.53. The summed E-state index contributed by atoms with van der Waals surface area (Å²) in [6.07, 6.45) is 3.00. The zero-order valence-electron chi connectivity index (χ0n) is 18.0. The van der Waals surface area contributed by atoms with E-state index in [0.717, 1.165) is 24.8 Å². The van der Waals surface area contributed by atoms with E-state index >= 15 is 0 Å². The molecule has 7 heteroatoms. The first-order valence-corrected chi connectivity index (χ1v) is 10.6. The van der Waals surface area contributed by atoms with E-state index in [0.29, 0.717) is 42.9 Å². The maximum absolute atomic E-state index is 12.7. The predicted molar refractivity (Wildman–Crippen MR) is 121 cm³/mol. The predicted octanol–water partition coefficient (Wildman–Crippen LogP) is 4.37. The van der Waals surface area contributed by atoms with E-state index in [2.05, 4.69) is 11.4 Å². The summed E-state index contributed by atoms with van der Waals surface area (Å²) in [5.74, 6) is -0.0149. The maximum Gasteiger partial charge on any atom is 0.407 e. The minimum Gasteiger partial charge on any atom is -0.445 e. The lowest BCUT2D eigenvalue weighted by molar-refractivity contribution is -0.118. The van der Waals surface area contributed by atoms with Crippen LogP contribution in [0, 0.1) is 11.3 Å². The molecule has 0 fully saturated rings. The molecule has 0 unspecified atom stereocenters. The molecule has 0 saturated heterocycles. The first-order chi connectivity index (χ1) is 15.0. The Labute approximate surface area is 183 Å². The van der Waals surface area contributed by atoms with Crippen molar-refractivity contribution in [3.8, 4) is 6.07 Å². The monoisotopic (exact) mass is 422 g/mol. The molecule has 2 aromatic rings. The van der Waals surface area contributed by atoms with Crippen LogP contribution in [0.15, 0.2) is 48.5 Å². The minimum atomic E-state index is -0.443. The molecule has 0 atom stereocenters. The van der Waals surface area contributed by atoms with E-state index in [9.17, 15) is 9.59 Å². The highest BCUT2D eigenvalue weighted by atomic mass is 16.5. The molecule has 0 saturated carbocycles. The Bertz CT molecular complexity index is 893. The zero-order valence-corrected chi connectivity index (χ0v) is 18.0. The van der Waals surface area contributed by atoms with Crippen molar-refractivity contribution in [1.82, 2.24) is 5.32 Å². The van der Waals surface area contributed by atoms with Crippen molar-refractivity contribution < 1.29 is 14.3 Å². The van der Waals surface area contributed by atoms with Gasteiger partial charge in [0.05, 0.1) is 23.0 Å². The first kappa shape index (κ1) is 23.7. The summed E-state index contributed by atoms with van der Waals surface area (Å²) in [7, 11) is 0. The standard InChI is InChI=1S/C24H30N4O3/c1-2-15-28(22-16-20(17-25)12-13-21(22)26)23(29)11-7-4-8-14-27-24(30)31-18-19-9-5-3-6-10-19/h3,5-6,9-10,12-13,16H,2,4,7-8,11,14-15,18,26H2,1H3,(H,27,30). The Morgan fingerprint density at radius 2 is 1.90 bits per heavy atom. The van der Waals surface area contributed by atoms with Crippen LogP contribution in [0.2, 0.25) is 0 Å². The van der Waals surface area contributed by atoms with Gasteiger partial charge in [-0.2, -0.15) is 5.26 Å². The number of amides is 2. The van der Waals surface area contributed by atoms with Gasteiger partial charge in [-0.15, -0.1) is 0 Å². The highest BCUT2D eigenvalue weighted by Crippen LogP contribution is 2.26. The number of benzene rings is 2. The van der Waals surface area contributed by atoms with Gasteiger partial charge in [0, 0.05) is 19.5 Å². The van der Waals surface area contributed by atoms with Crippen molar-refractivity contribution >= 4 is 23.4 Å². The molecule has 0 spiro atoms. The van der Waals surface area contributed by atoms with Crippen LogP contribution >= 0.6 is 0 Å². The van der Waals surface area contributed by atoms with Gasteiger partial charge in [0.15, 0.2) is 0 Å². The minimum absolute atomic E-state index is 0.0149. The fraction of sp³-hybridized carbons (Fsp3) is 0.375. The van der Waals surface area contributed by atoms with Crippen molar-refractivity contribution in [3.05, 3.63) is 59.7 Å². The van der Waals surface area contributed by atoms with Crippen LogP contribution < -0.4 is 16.0 Å². The van der Waals surface area contributed by atoms with E-state index in [1.54, 1.807) is 23.1 Å². The third-order valence-corrected chi connectivity index (χ3v) is 4.75. The molecule has 0 bridgehead atoms. The van der Waals surface area contributed by atoms with Gasteiger partial charge in [0.25, 0.3) is 0 Å². The lowest BCUT2D eigenvalue weighted by Crippen LogP contribution is -2.32. The van der Waals surface area contributed by atoms with Crippen LogP contribution in [0.3, 0.4) is 0 Å². The second-order valence-corrected chi connectivity index (χ2v) is 7.23. The molecule has 0 aliphatic heterocycles. The maximum atomic E-state index is 12.7. The quantitative estimate of drug-likeness (QED) is 0.413. The normalized spacial score (nSPS) is 10.2. The molecule has 0 aliphatic carbocycles. The van der Waals surface area contributed by atoms with Gasteiger partial charge in [-0.05, 0) is 43.0 Å². The van der Waals surface area contributed by atoms with Crippen molar-refractivity contribution in [3.63, 3.8) is 0 Å². The number of carbonyl (C=O) groups is 2. The molecular weight excluding hydrogens is 392 g/mol. The summed E-state index contributed by atoms with van der Waals surface area (Å²) in [6, 6.07) is 16.6. The largest absolute Gasteiger partial charge is 0.445 e. The fourth-order valence-electron chi connectivity index (χ4n) is 3.13. The molecule has 0 heterocycles. The number of unbranched alkanes of at least 4 members (excludes halogenated alkanes) is 2. The van der Waals surface area contributed by atoms with Gasteiger partial charge >= 0.3 is 6.09 Å². The van der Waals surface area contributed by atoms with Gasteiger partial charge in [-0.25, -0.2) is 4.79 Å². The number of hydrogen-bond donors (Lipinski definition) is 2. The molecule has 3 N–H and O–H groups in total. The van der Waals surface area contributed by atoms with Crippen LogP contribution in [-0.4, -0.2) is 25.1 Å². The van der Waals surface area contributed by atoms with Crippen LogP contribution in [-0.2, 0) is 16.1 Å². The first-order valence-electron chi connectivity index (χ1n) is 10.6. The van der Waals surface area contributed by atoms with E-state index in [4.69, 9.17) is 15.7 Å². The zero-order chi connectivity index (χ0) is 22.5. The second-order valence-electron chi connectivity index (χ2n) is 7.23. The Morgan fingerprint density at radius 3 is 2.61 bits per heavy atom. The number of hydrogen-bond acceptors (Lipinski definition) is 5. The highest BCUT2D eigenvalue weighted by Gasteiger charge is 2.17. The number of nitrogen functional groups attached to an aromatic ring is 1. The van der Waals surface area contributed by atoms with Crippen LogP contribution in [0.5, 0.6) is 0 Å². The van der Waals surface area contributed by atoms with Crippen molar-refractivity contribution in [2.45, 2.75) is 45.6 Å². The number of ether oxygens (including phenoxy) is 1. The van der Waals surface area contributed by atoms with Gasteiger partial charge in [0.1, 0.15) is 6.61 Å². The Morgan fingerprint density at radius 1 is 1.13 bits per heavy atom.